The highest BCUT2D eigenvalue weighted by Crippen LogP contribution is 2.32. The number of hydrogen-bond donors (Lipinski definition) is 3. The Labute approximate surface area is 174 Å². The predicted octanol–water partition coefficient (Wildman–Crippen LogP) is 3.92. The predicted molar refractivity (Wildman–Crippen MR) is 112 cm³/mol. The summed E-state index contributed by atoms with van der Waals surface area (Å²) in [7, 11) is 2.00. The molecule has 0 saturated carbocycles. The number of nitrogens with zero attached hydrogens (tertiary/aromatic N) is 4. The number of carbonyl (C=O) groups is 1. The molecule has 0 bridgehead atoms. The Bertz CT molecular complexity index is 1290. The number of aromatic amines is 1. The number of carboxylic acid groups (broad SMARTS) is 1. The van der Waals surface area contributed by atoms with Gasteiger partial charge in [-0.2, -0.15) is 0 Å². The van der Waals surface area contributed by atoms with Crippen LogP contribution in [0.4, 0.5) is 5.69 Å². The van der Waals surface area contributed by atoms with Gasteiger partial charge in [0.1, 0.15) is 0 Å². The molecule has 0 aliphatic rings. The van der Waals surface area contributed by atoms with Crippen molar-refractivity contribution < 1.29 is 20.0 Å². The van der Waals surface area contributed by atoms with Crippen LogP contribution in [0.5, 0.6) is 0 Å². The number of rotatable bonds is 6. The molecule has 0 aliphatic carbocycles. The summed E-state index contributed by atoms with van der Waals surface area (Å²) in [5.41, 5.74) is 4.40. The van der Waals surface area contributed by atoms with Crippen molar-refractivity contribution in [2.24, 2.45) is 7.05 Å². The van der Waals surface area contributed by atoms with Crippen molar-refractivity contribution >= 4 is 34.3 Å². The number of H-pyrrole nitrogens is 1. The van der Waals surface area contributed by atoms with Gasteiger partial charge in [-0.1, -0.05) is 17.8 Å². The second-order valence-electron chi connectivity index (χ2n) is 6.82. The average Bonchev–Trinajstić information content (AvgIpc) is 3.30. The van der Waals surface area contributed by atoms with Gasteiger partial charge in [0.25, 0.3) is 4.92 Å². The van der Waals surface area contributed by atoms with E-state index in [0.29, 0.717) is 16.5 Å². The normalized spacial score (nSPS) is 11.1. The standard InChI is InChI=1S/C20H17N5O4S/c1-11-5-14-6-12(3-4-17(14)24(11)2)13-7-15(9-16(8-13)25(28)29)19-21-20(23-22-19)30-10-18(26)27/h3-9H,10H2,1-2H3,(H2-,21,22,23,26,27,28,29)/p+1. The average molecular weight is 424 g/mol. The van der Waals surface area contributed by atoms with Crippen LogP contribution < -0.4 is 0 Å². The molecule has 2 aromatic heterocycles. The first-order chi connectivity index (χ1) is 14.3. The Morgan fingerprint density at radius 1 is 1.13 bits per heavy atom. The van der Waals surface area contributed by atoms with Gasteiger partial charge in [0.05, 0.1) is 10.7 Å². The number of aryl methyl sites for hydroxylation is 2. The Hall–Kier alpha value is -3.66. The van der Waals surface area contributed by atoms with Crippen LogP contribution in [0.25, 0.3) is 33.4 Å². The van der Waals surface area contributed by atoms with Crippen LogP contribution in [-0.4, -0.2) is 46.7 Å². The maximum absolute atomic E-state index is 11.6. The summed E-state index contributed by atoms with van der Waals surface area (Å²) in [6, 6.07) is 13.0. The van der Waals surface area contributed by atoms with E-state index in [-0.39, 0.29) is 16.4 Å². The fourth-order valence-corrected chi connectivity index (χ4v) is 3.79. The van der Waals surface area contributed by atoms with Crippen molar-refractivity contribution in [3.8, 4) is 22.5 Å². The molecule has 0 radical (unpaired) electrons. The molecule has 0 atom stereocenters. The Morgan fingerprint density at radius 3 is 2.63 bits per heavy atom. The highest BCUT2D eigenvalue weighted by Gasteiger charge is 2.18. The van der Waals surface area contributed by atoms with Crippen LogP contribution in [0, 0.1) is 11.8 Å². The van der Waals surface area contributed by atoms with Crippen LogP contribution in [-0.2, 0) is 11.8 Å². The summed E-state index contributed by atoms with van der Waals surface area (Å²) in [5.74, 6) is -0.748. The van der Waals surface area contributed by atoms with E-state index in [2.05, 4.69) is 25.8 Å². The molecule has 0 fully saturated rings. The maximum atomic E-state index is 11.6. The molecule has 0 spiro atoms. The van der Waals surface area contributed by atoms with Crippen molar-refractivity contribution in [1.82, 2.24) is 19.7 Å². The van der Waals surface area contributed by atoms with Crippen LogP contribution in [0.2, 0.25) is 0 Å². The second kappa shape index (κ2) is 7.64. The summed E-state index contributed by atoms with van der Waals surface area (Å²) in [6.45, 7) is 2.03. The van der Waals surface area contributed by atoms with Crippen molar-refractivity contribution in [2.75, 3.05) is 5.75 Å². The molecule has 0 aliphatic heterocycles. The molecular weight excluding hydrogens is 406 g/mol. The van der Waals surface area contributed by atoms with Crippen LogP contribution >= 0.6 is 11.8 Å². The minimum atomic E-state index is -0.962. The number of aliphatic carboxylic acids is 1. The summed E-state index contributed by atoms with van der Waals surface area (Å²) >= 11 is 1.01. The highest BCUT2D eigenvalue weighted by atomic mass is 32.2. The van der Waals surface area contributed by atoms with E-state index in [1.165, 1.54) is 6.07 Å². The van der Waals surface area contributed by atoms with Gasteiger partial charge in [-0.25, -0.2) is 5.21 Å². The van der Waals surface area contributed by atoms with E-state index in [1.54, 1.807) is 6.07 Å². The Kier molecular flexibility index (Phi) is 5.00. The van der Waals surface area contributed by atoms with E-state index in [4.69, 9.17) is 5.11 Å². The number of benzene rings is 2. The van der Waals surface area contributed by atoms with E-state index in [1.807, 2.05) is 38.2 Å². The van der Waals surface area contributed by atoms with Gasteiger partial charge < -0.3 is 14.7 Å². The van der Waals surface area contributed by atoms with E-state index >= 15 is 0 Å². The lowest BCUT2D eigenvalue weighted by molar-refractivity contribution is -0.729. The Balaban J connectivity index is 1.77. The number of fused-ring (bicyclic) bond motifs is 1. The van der Waals surface area contributed by atoms with Gasteiger partial charge in [0.15, 0.2) is 11.0 Å². The first kappa shape index (κ1) is 19.6. The molecule has 9 nitrogen and oxygen atoms in total. The number of hydrogen-bond acceptors (Lipinski definition) is 5. The molecule has 0 amide bonds. The first-order valence-electron chi connectivity index (χ1n) is 8.97. The van der Waals surface area contributed by atoms with Crippen LogP contribution in [0.15, 0.2) is 47.6 Å². The second-order valence-corrected chi connectivity index (χ2v) is 7.79. The van der Waals surface area contributed by atoms with E-state index in [9.17, 15) is 14.9 Å². The molecule has 4 rings (SSSR count). The summed E-state index contributed by atoms with van der Waals surface area (Å²) in [6.07, 6.45) is 0. The molecular formula is C20H18N5O4S+. The fourth-order valence-electron chi connectivity index (χ4n) is 3.26. The zero-order chi connectivity index (χ0) is 21.4. The Morgan fingerprint density at radius 2 is 1.90 bits per heavy atom. The van der Waals surface area contributed by atoms with E-state index in [0.717, 1.165) is 39.5 Å². The van der Waals surface area contributed by atoms with Crippen molar-refractivity contribution in [3.05, 3.63) is 53.1 Å². The van der Waals surface area contributed by atoms with Crippen molar-refractivity contribution in [2.45, 2.75) is 12.1 Å². The molecule has 10 heteroatoms. The summed E-state index contributed by atoms with van der Waals surface area (Å²) < 4.78 is 2.10. The highest BCUT2D eigenvalue weighted by molar-refractivity contribution is 7.99. The van der Waals surface area contributed by atoms with Crippen molar-refractivity contribution in [1.29, 1.82) is 0 Å². The zero-order valence-electron chi connectivity index (χ0n) is 16.2. The third-order valence-corrected chi connectivity index (χ3v) is 5.67. The molecule has 0 unspecified atom stereocenters. The van der Waals surface area contributed by atoms with Crippen molar-refractivity contribution in [3.63, 3.8) is 0 Å². The van der Waals surface area contributed by atoms with Gasteiger partial charge >= 0.3 is 11.7 Å². The topological polar surface area (TPSA) is 124 Å². The van der Waals surface area contributed by atoms with Gasteiger partial charge in [-0.3, -0.25) is 4.79 Å². The maximum Gasteiger partial charge on any atom is 0.317 e. The quantitative estimate of drug-likeness (QED) is 0.316. The van der Waals surface area contributed by atoms with Crippen LogP contribution in [0.1, 0.15) is 5.69 Å². The third-order valence-electron chi connectivity index (χ3n) is 4.83. The van der Waals surface area contributed by atoms with Gasteiger partial charge in [0.2, 0.25) is 0 Å². The third kappa shape index (κ3) is 3.77. The minimum absolute atomic E-state index is 0.0444. The monoisotopic (exact) mass is 424 g/mol. The number of aromatic nitrogens is 4. The van der Waals surface area contributed by atoms with Gasteiger partial charge in [0, 0.05) is 41.3 Å². The molecule has 0 saturated heterocycles. The largest absolute Gasteiger partial charge is 0.481 e. The molecule has 4 aromatic rings. The number of nitrogens with one attached hydrogen (secondary N) is 1. The lowest BCUT2D eigenvalue weighted by atomic mass is 10.0. The van der Waals surface area contributed by atoms with Gasteiger partial charge in [-0.15, -0.1) is 10.2 Å². The van der Waals surface area contributed by atoms with E-state index < -0.39 is 5.97 Å². The smallest absolute Gasteiger partial charge is 0.317 e. The molecule has 2 aromatic carbocycles. The number of thioether (sulfide) groups is 1. The van der Waals surface area contributed by atoms with Crippen LogP contribution in [0.3, 0.4) is 0 Å². The lowest BCUT2D eigenvalue weighted by Gasteiger charge is -2.05. The molecule has 30 heavy (non-hydrogen) atoms. The zero-order valence-corrected chi connectivity index (χ0v) is 17.0. The molecule has 3 N–H and O–H groups in total. The lowest BCUT2D eigenvalue weighted by Crippen LogP contribution is -1.97. The number of carboxylic acids is 1. The molecule has 152 valence electrons. The molecule has 2 heterocycles. The summed E-state index contributed by atoms with van der Waals surface area (Å²) in [4.78, 5) is 25.1. The SMILES string of the molecule is Cc1cc2cc(-c3cc(-c4nnc(SCC(=O)O)[nH]4)cc([N+](=O)O)c3)ccc2n1C. The van der Waals surface area contributed by atoms with Gasteiger partial charge in [-0.05, 0) is 42.3 Å². The first-order valence-corrected chi connectivity index (χ1v) is 9.95. The minimum Gasteiger partial charge on any atom is -0.481 e. The fraction of sp³-hybridized carbons (Fsp3) is 0.150. The summed E-state index contributed by atoms with van der Waals surface area (Å²) in [5, 5.41) is 27.7.